The highest BCUT2D eigenvalue weighted by Gasteiger charge is 2.11. The smallest absolute Gasteiger partial charge is 0.119 e. The molecule has 0 spiro atoms. The predicted octanol–water partition coefficient (Wildman–Crippen LogP) is 4.88. The molecule has 27 heavy (non-hydrogen) atoms. The summed E-state index contributed by atoms with van der Waals surface area (Å²) in [5.41, 5.74) is 3.36. The summed E-state index contributed by atoms with van der Waals surface area (Å²) < 4.78 is 5.73. The van der Waals surface area contributed by atoms with Gasteiger partial charge in [0.2, 0.25) is 0 Å². The third-order valence-corrected chi connectivity index (χ3v) is 4.69. The van der Waals surface area contributed by atoms with Crippen LogP contribution in [0.15, 0.2) is 78.9 Å². The van der Waals surface area contributed by atoms with Crippen LogP contribution in [0, 0.1) is 0 Å². The first kappa shape index (κ1) is 19.4. The van der Waals surface area contributed by atoms with Gasteiger partial charge in [-0.15, -0.1) is 0 Å². The monoisotopic (exact) mass is 381 g/mol. The molecular weight excluding hydrogens is 358 g/mol. The predicted molar refractivity (Wildman–Crippen MR) is 111 cm³/mol. The van der Waals surface area contributed by atoms with Crippen LogP contribution in [-0.2, 0) is 6.54 Å². The molecular formula is C23H24ClNO2. The van der Waals surface area contributed by atoms with Gasteiger partial charge in [0.15, 0.2) is 0 Å². The molecule has 0 aromatic heterocycles. The van der Waals surface area contributed by atoms with Crippen molar-refractivity contribution in [3.8, 4) is 16.9 Å². The molecule has 4 heteroatoms. The van der Waals surface area contributed by atoms with Crippen LogP contribution >= 0.6 is 11.6 Å². The molecule has 0 aliphatic rings. The van der Waals surface area contributed by atoms with E-state index in [1.807, 2.05) is 78.7 Å². The van der Waals surface area contributed by atoms with Crippen LogP contribution in [0.2, 0.25) is 5.02 Å². The molecule has 1 N–H and O–H groups in total. The number of benzene rings is 3. The SMILES string of the molecule is CN(Cc1ccccc1Cl)C[C@H](O)COc1ccc(-c2ccccc2)cc1. The maximum atomic E-state index is 10.3. The molecule has 0 aliphatic carbocycles. The van der Waals surface area contributed by atoms with Crippen molar-refractivity contribution in [3.05, 3.63) is 89.4 Å². The minimum Gasteiger partial charge on any atom is -0.491 e. The van der Waals surface area contributed by atoms with E-state index in [-0.39, 0.29) is 6.61 Å². The molecule has 140 valence electrons. The van der Waals surface area contributed by atoms with Gasteiger partial charge in [0, 0.05) is 18.1 Å². The fourth-order valence-corrected chi connectivity index (χ4v) is 3.16. The zero-order chi connectivity index (χ0) is 19.1. The molecule has 1 atom stereocenters. The Morgan fingerprint density at radius 2 is 1.52 bits per heavy atom. The maximum Gasteiger partial charge on any atom is 0.119 e. The molecule has 0 unspecified atom stereocenters. The van der Waals surface area contributed by atoms with Gasteiger partial charge < -0.3 is 9.84 Å². The minimum atomic E-state index is -0.578. The number of rotatable bonds is 8. The van der Waals surface area contributed by atoms with Gasteiger partial charge >= 0.3 is 0 Å². The summed E-state index contributed by atoms with van der Waals surface area (Å²) in [5, 5.41) is 11.0. The summed E-state index contributed by atoms with van der Waals surface area (Å²) in [6, 6.07) is 25.9. The highest BCUT2D eigenvalue weighted by atomic mass is 35.5. The second-order valence-corrected chi connectivity index (χ2v) is 7.05. The fraction of sp³-hybridized carbons (Fsp3) is 0.217. The summed E-state index contributed by atoms with van der Waals surface area (Å²) >= 11 is 6.19. The second kappa shape index (κ2) is 9.56. The van der Waals surface area contributed by atoms with Crippen molar-refractivity contribution in [2.24, 2.45) is 0 Å². The number of aliphatic hydroxyl groups excluding tert-OH is 1. The lowest BCUT2D eigenvalue weighted by molar-refractivity contribution is 0.0744. The molecule has 3 nitrogen and oxygen atoms in total. The van der Waals surface area contributed by atoms with Gasteiger partial charge in [-0.2, -0.15) is 0 Å². The number of hydrogen-bond acceptors (Lipinski definition) is 3. The Morgan fingerprint density at radius 3 is 2.22 bits per heavy atom. The summed E-state index contributed by atoms with van der Waals surface area (Å²) in [5.74, 6) is 0.752. The third-order valence-electron chi connectivity index (χ3n) is 4.32. The fourth-order valence-electron chi connectivity index (χ4n) is 2.96. The second-order valence-electron chi connectivity index (χ2n) is 6.64. The van der Waals surface area contributed by atoms with Crippen LogP contribution in [0.5, 0.6) is 5.75 Å². The van der Waals surface area contributed by atoms with Crippen molar-refractivity contribution in [1.29, 1.82) is 0 Å². The third kappa shape index (κ3) is 5.83. The van der Waals surface area contributed by atoms with Gasteiger partial charge in [-0.05, 0) is 41.9 Å². The van der Waals surface area contributed by atoms with Crippen molar-refractivity contribution in [3.63, 3.8) is 0 Å². The molecule has 3 aromatic rings. The lowest BCUT2D eigenvalue weighted by atomic mass is 10.1. The Balaban J connectivity index is 1.47. The molecule has 0 fully saturated rings. The van der Waals surface area contributed by atoms with E-state index in [2.05, 4.69) is 12.1 Å². The molecule has 0 bridgehead atoms. The van der Waals surface area contributed by atoms with Crippen LogP contribution in [0.25, 0.3) is 11.1 Å². The Hall–Kier alpha value is -2.33. The lowest BCUT2D eigenvalue weighted by Crippen LogP contribution is -2.32. The lowest BCUT2D eigenvalue weighted by Gasteiger charge is -2.21. The van der Waals surface area contributed by atoms with Crippen LogP contribution in [0.3, 0.4) is 0 Å². The Morgan fingerprint density at radius 1 is 0.889 bits per heavy atom. The number of ether oxygens (including phenoxy) is 1. The van der Waals surface area contributed by atoms with E-state index in [1.54, 1.807) is 0 Å². The van der Waals surface area contributed by atoms with Crippen molar-refractivity contribution < 1.29 is 9.84 Å². The van der Waals surface area contributed by atoms with Gasteiger partial charge in [-0.1, -0.05) is 72.3 Å². The number of nitrogens with zero attached hydrogens (tertiary/aromatic N) is 1. The van der Waals surface area contributed by atoms with Gasteiger partial charge in [-0.25, -0.2) is 0 Å². The first-order valence-corrected chi connectivity index (χ1v) is 9.38. The zero-order valence-electron chi connectivity index (χ0n) is 15.4. The van der Waals surface area contributed by atoms with Gasteiger partial charge in [0.05, 0.1) is 0 Å². The Labute approximate surface area is 165 Å². The number of hydrogen-bond donors (Lipinski definition) is 1. The first-order valence-electron chi connectivity index (χ1n) is 9.00. The minimum absolute atomic E-state index is 0.248. The average Bonchev–Trinajstić information content (AvgIpc) is 2.69. The number of aliphatic hydroxyl groups is 1. The van der Waals surface area contributed by atoms with Crippen LogP contribution in [-0.4, -0.2) is 36.3 Å². The normalized spacial score (nSPS) is 12.1. The van der Waals surface area contributed by atoms with Crippen LogP contribution in [0.4, 0.5) is 0 Å². The summed E-state index contributed by atoms with van der Waals surface area (Å²) in [6.07, 6.45) is -0.578. The van der Waals surface area contributed by atoms with E-state index in [0.717, 1.165) is 21.9 Å². The highest BCUT2D eigenvalue weighted by Crippen LogP contribution is 2.22. The number of halogens is 1. The summed E-state index contributed by atoms with van der Waals surface area (Å²) in [4.78, 5) is 2.04. The van der Waals surface area contributed by atoms with Crippen LogP contribution in [0.1, 0.15) is 5.56 Å². The van der Waals surface area contributed by atoms with Crippen LogP contribution < -0.4 is 4.74 Å². The summed E-state index contributed by atoms with van der Waals surface area (Å²) in [7, 11) is 1.96. The molecule has 0 aliphatic heterocycles. The van der Waals surface area contributed by atoms with E-state index in [0.29, 0.717) is 13.1 Å². The van der Waals surface area contributed by atoms with Crippen molar-refractivity contribution in [2.75, 3.05) is 20.2 Å². The largest absolute Gasteiger partial charge is 0.491 e. The zero-order valence-corrected chi connectivity index (χ0v) is 16.1. The molecule has 0 saturated carbocycles. The Kier molecular flexibility index (Phi) is 6.88. The molecule has 0 heterocycles. The van der Waals surface area contributed by atoms with E-state index < -0.39 is 6.10 Å². The van der Waals surface area contributed by atoms with Gasteiger partial charge in [-0.3, -0.25) is 4.90 Å². The van der Waals surface area contributed by atoms with E-state index in [1.165, 1.54) is 5.56 Å². The molecule has 0 amide bonds. The van der Waals surface area contributed by atoms with Crippen molar-refractivity contribution in [2.45, 2.75) is 12.6 Å². The quantitative estimate of drug-likeness (QED) is 0.603. The molecule has 0 radical (unpaired) electrons. The van der Waals surface area contributed by atoms with Gasteiger partial charge in [0.1, 0.15) is 18.5 Å². The molecule has 3 rings (SSSR count). The first-order chi connectivity index (χ1) is 13.1. The number of likely N-dealkylation sites (N-methyl/N-ethyl adjacent to an activating group) is 1. The van der Waals surface area contributed by atoms with Gasteiger partial charge in [0.25, 0.3) is 0 Å². The van der Waals surface area contributed by atoms with E-state index >= 15 is 0 Å². The molecule has 3 aromatic carbocycles. The van der Waals surface area contributed by atoms with Crippen molar-refractivity contribution >= 4 is 11.6 Å². The summed E-state index contributed by atoms with van der Waals surface area (Å²) in [6.45, 7) is 1.44. The van der Waals surface area contributed by atoms with Crippen molar-refractivity contribution in [1.82, 2.24) is 4.90 Å². The van der Waals surface area contributed by atoms with E-state index in [4.69, 9.17) is 16.3 Å². The maximum absolute atomic E-state index is 10.3. The average molecular weight is 382 g/mol. The Bertz CT molecular complexity index is 837. The highest BCUT2D eigenvalue weighted by molar-refractivity contribution is 6.31. The standard InChI is InChI=1S/C23H24ClNO2/c1-25(15-20-9-5-6-10-23(20)24)16-21(26)17-27-22-13-11-19(12-14-22)18-7-3-2-4-8-18/h2-14,21,26H,15-17H2,1H3/t21-/m0/s1. The van der Waals surface area contributed by atoms with E-state index in [9.17, 15) is 5.11 Å². The topological polar surface area (TPSA) is 32.7 Å². The molecule has 0 saturated heterocycles.